The second-order valence-electron chi connectivity index (χ2n) is 7.14. The van der Waals surface area contributed by atoms with E-state index in [1.54, 1.807) is 48.5 Å². The van der Waals surface area contributed by atoms with Crippen LogP contribution in [0.15, 0.2) is 70.0 Å². The SMILES string of the molecule is CCOc1cc(/C=C2/SC(=O)N(c3cccc(Cl)c3)C2=O)cc(Br)c1OCc1ccccc1Cl. The van der Waals surface area contributed by atoms with Gasteiger partial charge in [0.2, 0.25) is 0 Å². The van der Waals surface area contributed by atoms with E-state index in [4.69, 9.17) is 32.7 Å². The van der Waals surface area contributed by atoms with Crippen molar-refractivity contribution in [1.29, 1.82) is 0 Å². The Hall–Kier alpha value is -2.45. The molecule has 1 fully saturated rings. The molecule has 0 bridgehead atoms. The minimum atomic E-state index is -0.412. The van der Waals surface area contributed by atoms with Gasteiger partial charge in [-0.15, -0.1) is 0 Å². The van der Waals surface area contributed by atoms with E-state index in [0.717, 1.165) is 22.2 Å². The second-order valence-corrected chi connectivity index (χ2v) is 9.83. The van der Waals surface area contributed by atoms with Crippen LogP contribution in [-0.2, 0) is 11.4 Å². The van der Waals surface area contributed by atoms with E-state index in [0.29, 0.717) is 48.8 Å². The van der Waals surface area contributed by atoms with Crippen LogP contribution in [0.4, 0.5) is 10.5 Å². The minimum Gasteiger partial charge on any atom is -0.490 e. The molecule has 1 saturated heterocycles. The lowest BCUT2D eigenvalue weighted by Crippen LogP contribution is -2.27. The van der Waals surface area contributed by atoms with Crippen molar-refractivity contribution in [3.63, 3.8) is 0 Å². The fourth-order valence-electron chi connectivity index (χ4n) is 3.30. The molecule has 9 heteroatoms. The van der Waals surface area contributed by atoms with Crippen LogP contribution in [0.3, 0.4) is 0 Å². The van der Waals surface area contributed by atoms with E-state index in [1.165, 1.54) is 0 Å². The van der Waals surface area contributed by atoms with Crippen LogP contribution in [0.2, 0.25) is 10.0 Å². The lowest BCUT2D eigenvalue weighted by Gasteiger charge is -2.15. The van der Waals surface area contributed by atoms with Gasteiger partial charge in [-0.25, -0.2) is 4.90 Å². The molecule has 3 aromatic carbocycles. The third-order valence-electron chi connectivity index (χ3n) is 4.82. The molecule has 3 aromatic rings. The third kappa shape index (κ3) is 5.44. The van der Waals surface area contributed by atoms with Crippen molar-refractivity contribution < 1.29 is 19.1 Å². The Kier molecular flexibility index (Phi) is 7.88. The summed E-state index contributed by atoms with van der Waals surface area (Å²) in [7, 11) is 0. The Labute approximate surface area is 219 Å². The molecule has 0 saturated carbocycles. The van der Waals surface area contributed by atoms with Gasteiger partial charge >= 0.3 is 0 Å². The first kappa shape index (κ1) is 24.7. The summed E-state index contributed by atoms with van der Waals surface area (Å²) < 4.78 is 12.4. The van der Waals surface area contributed by atoms with Gasteiger partial charge in [0, 0.05) is 15.6 Å². The Morgan fingerprint density at radius 3 is 2.56 bits per heavy atom. The number of benzene rings is 3. The summed E-state index contributed by atoms with van der Waals surface area (Å²) in [6.45, 7) is 2.55. The van der Waals surface area contributed by atoms with E-state index in [2.05, 4.69) is 15.9 Å². The number of carbonyl (C=O) groups excluding carboxylic acids is 2. The van der Waals surface area contributed by atoms with Gasteiger partial charge < -0.3 is 9.47 Å². The molecule has 1 heterocycles. The molecule has 5 nitrogen and oxygen atoms in total. The van der Waals surface area contributed by atoms with Gasteiger partial charge in [-0.2, -0.15) is 0 Å². The number of hydrogen-bond acceptors (Lipinski definition) is 5. The van der Waals surface area contributed by atoms with Crippen molar-refractivity contribution in [2.45, 2.75) is 13.5 Å². The zero-order valence-corrected chi connectivity index (χ0v) is 21.8. The smallest absolute Gasteiger partial charge is 0.298 e. The average Bonchev–Trinajstić information content (AvgIpc) is 3.07. The first-order chi connectivity index (χ1) is 16.4. The number of rotatable bonds is 7. The standard InChI is InChI=1S/C25H18BrCl2NO4S/c1-2-32-21-11-15(10-19(26)23(21)33-14-16-6-3-4-9-20(16)28)12-22-24(30)29(25(31)34-22)18-8-5-7-17(27)13-18/h3-13H,2,14H2,1H3/b22-12+. The normalized spacial score (nSPS) is 14.7. The number of anilines is 1. The Bertz CT molecular complexity index is 1300. The van der Waals surface area contributed by atoms with Gasteiger partial charge in [0.1, 0.15) is 6.61 Å². The summed E-state index contributed by atoms with van der Waals surface area (Å²) in [6, 6.07) is 17.6. The summed E-state index contributed by atoms with van der Waals surface area (Å²) >= 11 is 16.7. The summed E-state index contributed by atoms with van der Waals surface area (Å²) in [5.41, 5.74) is 1.95. The molecule has 1 aliphatic heterocycles. The highest BCUT2D eigenvalue weighted by atomic mass is 79.9. The highest BCUT2D eigenvalue weighted by Gasteiger charge is 2.36. The molecule has 0 unspecified atom stereocenters. The van der Waals surface area contributed by atoms with Crippen LogP contribution >= 0.6 is 50.9 Å². The van der Waals surface area contributed by atoms with Crippen molar-refractivity contribution in [2.24, 2.45) is 0 Å². The van der Waals surface area contributed by atoms with Crippen molar-refractivity contribution in [3.8, 4) is 11.5 Å². The Morgan fingerprint density at radius 1 is 1.03 bits per heavy atom. The number of carbonyl (C=O) groups is 2. The predicted octanol–water partition coefficient (Wildman–Crippen LogP) is 7.97. The van der Waals surface area contributed by atoms with Gasteiger partial charge in [0.25, 0.3) is 11.1 Å². The summed E-state index contributed by atoms with van der Waals surface area (Å²) in [4.78, 5) is 26.9. The van der Waals surface area contributed by atoms with Crippen LogP contribution in [0.1, 0.15) is 18.1 Å². The number of imide groups is 1. The number of thioether (sulfide) groups is 1. The molecule has 174 valence electrons. The summed E-state index contributed by atoms with van der Waals surface area (Å²) in [5.74, 6) is 0.612. The van der Waals surface area contributed by atoms with Crippen LogP contribution in [0.25, 0.3) is 6.08 Å². The summed E-state index contributed by atoms with van der Waals surface area (Å²) in [6.07, 6.45) is 1.65. The third-order valence-corrected chi connectivity index (χ3v) is 6.88. The molecule has 4 rings (SSSR count). The van der Waals surface area contributed by atoms with Gasteiger partial charge in [-0.1, -0.05) is 47.5 Å². The zero-order valence-electron chi connectivity index (χ0n) is 17.9. The molecule has 0 aliphatic carbocycles. The fraction of sp³-hybridized carbons (Fsp3) is 0.120. The number of hydrogen-bond donors (Lipinski definition) is 0. The predicted molar refractivity (Wildman–Crippen MR) is 141 cm³/mol. The van der Waals surface area contributed by atoms with E-state index in [-0.39, 0.29) is 11.8 Å². The maximum Gasteiger partial charge on any atom is 0.298 e. The van der Waals surface area contributed by atoms with E-state index < -0.39 is 5.91 Å². The van der Waals surface area contributed by atoms with Crippen molar-refractivity contribution in [3.05, 3.63) is 91.2 Å². The second kappa shape index (κ2) is 10.9. The summed E-state index contributed by atoms with van der Waals surface area (Å²) in [5, 5.41) is 0.670. The molecule has 1 aliphatic rings. The Balaban J connectivity index is 1.61. The molecule has 34 heavy (non-hydrogen) atoms. The van der Waals surface area contributed by atoms with Crippen LogP contribution in [0.5, 0.6) is 11.5 Å². The van der Waals surface area contributed by atoms with Crippen molar-refractivity contribution >= 4 is 73.8 Å². The number of amides is 2. The molecular formula is C25H18BrCl2NO4S. The quantitative estimate of drug-likeness (QED) is 0.266. The molecule has 0 radical (unpaired) electrons. The van der Waals surface area contributed by atoms with E-state index in [9.17, 15) is 9.59 Å². The number of halogens is 3. The maximum atomic E-state index is 13.0. The largest absolute Gasteiger partial charge is 0.490 e. The zero-order chi connectivity index (χ0) is 24.2. The molecule has 0 atom stereocenters. The maximum absolute atomic E-state index is 13.0. The topological polar surface area (TPSA) is 55.8 Å². The lowest BCUT2D eigenvalue weighted by atomic mass is 10.1. The van der Waals surface area contributed by atoms with Gasteiger partial charge in [-0.05, 0) is 82.7 Å². The van der Waals surface area contributed by atoms with Gasteiger partial charge in [-0.3, -0.25) is 9.59 Å². The first-order valence-corrected chi connectivity index (χ1v) is 12.6. The van der Waals surface area contributed by atoms with Crippen LogP contribution in [0, 0.1) is 0 Å². The molecule has 2 amide bonds. The van der Waals surface area contributed by atoms with E-state index in [1.807, 2.05) is 25.1 Å². The number of nitrogens with zero attached hydrogens (tertiary/aromatic N) is 1. The van der Waals surface area contributed by atoms with Crippen LogP contribution < -0.4 is 14.4 Å². The molecule has 0 N–H and O–H groups in total. The number of ether oxygens (including phenoxy) is 2. The molecule has 0 aromatic heterocycles. The lowest BCUT2D eigenvalue weighted by molar-refractivity contribution is -0.113. The highest BCUT2D eigenvalue weighted by molar-refractivity contribution is 9.10. The van der Waals surface area contributed by atoms with Crippen molar-refractivity contribution in [1.82, 2.24) is 0 Å². The van der Waals surface area contributed by atoms with E-state index >= 15 is 0 Å². The monoisotopic (exact) mass is 577 g/mol. The average molecular weight is 579 g/mol. The van der Waals surface area contributed by atoms with Crippen molar-refractivity contribution in [2.75, 3.05) is 11.5 Å². The minimum absolute atomic E-state index is 0.260. The Morgan fingerprint density at radius 2 is 1.82 bits per heavy atom. The fourth-order valence-corrected chi connectivity index (χ4v) is 5.09. The highest BCUT2D eigenvalue weighted by Crippen LogP contribution is 2.41. The van der Waals surface area contributed by atoms with Gasteiger partial charge in [0.05, 0.1) is 21.7 Å². The van der Waals surface area contributed by atoms with Crippen LogP contribution in [-0.4, -0.2) is 17.8 Å². The molecule has 0 spiro atoms. The van der Waals surface area contributed by atoms with Gasteiger partial charge in [0.15, 0.2) is 11.5 Å². The molecular weight excluding hydrogens is 561 g/mol. The first-order valence-electron chi connectivity index (χ1n) is 10.2.